The summed E-state index contributed by atoms with van der Waals surface area (Å²) >= 11 is 4.73. The largest absolute Gasteiger partial charge is 0.438 e. The summed E-state index contributed by atoms with van der Waals surface area (Å²) in [6.45, 7) is 4.16. The minimum Gasteiger partial charge on any atom is -0.438 e. The molecule has 0 fully saturated rings. The van der Waals surface area contributed by atoms with E-state index < -0.39 is 0 Å². The van der Waals surface area contributed by atoms with E-state index in [1.165, 1.54) is 0 Å². The number of hydrogen-bond donors (Lipinski definition) is 1. The molecule has 1 aromatic rings. The van der Waals surface area contributed by atoms with Gasteiger partial charge in [-0.3, -0.25) is 0 Å². The van der Waals surface area contributed by atoms with E-state index in [-0.39, 0.29) is 0 Å². The van der Waals surface area contributed by atoms with E-state index in [1.807, 2.05) is 0 Å². The van der Waals surface area contributed by atoms with Crippen LogP contribution in [0.3, 0.4) is 0 Å². The summed E-state index contributed by atoms with van der Waals surface area (Å²) in [4.78, 5) is 3.38. The van der Waals surface area contributed by atoms with Crippen LogP contribution < -0.4 is 0 Å². The van der Waals surface area contributed by atoms with Gasteiger partial charge in [0.15, 0.2) is 0 Å². The first kappa shape index (κ1) is 6.55. The van der Waals surface area contributed by atoms with Gasteiger partial charge in [-0.15, -0.1) is 0 Å². The quantitative estimate of drug-likeness (QED) is 0.612. The Bertz CT molecular complexity index is 235. The zero-order valence-electron chi connectivity index (χ0n) is 5.47. The van der Waals surface area contributed by atoms with Gasteiger partial charge in [0, 0.05) is 0 Å². The molecule has 0 aliphatic carbocycles. The highest BCUT2D eigenvalue weighted by molar-refractivity contribution is 7.71. The van der Waals surface area contributed by atoms with Crippen LogP contribution in [0.25, 0.3) is 0 Å². The van der Waals surface area contributed by atoms with Gasteiger partial charge in [-0.2, -0.15) is 0 Å². The average Bonchev–Trinajstić information content (AvgIpc) is 2.14. The highest BCUT2D eigenvalue weighted by atomic mass is 32.1. The minimum atomic E-state index is 0.457. The first-order valence-electron chi connectivity index (χ1n) is 2.88. The van der Waals surface area contributed by atoms with Gasteiger partial charge in [0.1, 0.15) is 6.26 Å². The van der Waals surface area contributed by atoms with Crippen molar-refractivity contribution in [1.29, 1.82) is 0 Å². The van der Waals surface area contributed by atoms with Crippen molar-refractivity contribution < 1.29 is 4.42 Å². The lowest BCUT2D eigenvalue weighted by Crippen LogP contribution is -1.84. The van der Waals surface area contributed by atoms with Crippen LogP contribution in [-0.2, 0) is 0 Å². The fourth-order valence-corrected chi connectivity index (χ4v) is 0.740. The zero-order valence-corrected chi connectivity index (χ0v) is 6.29. The van der Waals surface area contributed by atoms with Gasteiger partial charge in [-0.05, 0) is 18.1 Å². The summed E-state index contributed by atoms with van der Waals surface area (Å²) in [6, 6.07) is 0. The Labute approximate surface area is 58.9 Å². The molecule has 9 heavy (non-hydrogen) atoms. The molecule has 0 aliphatic rings. The number of oxazole rings is 1. The Kier molecular flexibility index (Phi) is 1.71. The lowest BCUT2D eigenvalue weighted by Gasteiger charge is -1.94. The number of nitrogens with one attached hydrogen (secondary N) is 1. The van der Waals surface area contributed by atoms with E-state index in [0.29, 0.717) is 10.8 Å². The fraction of sp³-hybridized carbons (Fsp3) is 0.500. The molecule has 1 rings (SSSR count). The molecule has 0 spiro atoms. The summed E-state index contributed by atoms with van der Waals surface area (Å²) in [5.74, 6) is 0.463. The Hall–Kier alpha value is -0.570. The van der Waals surface area contributed by atoms with Crippen molar-refractivity contribution >= 4 is 12.2 Å². The van der Waals surface area contributed by atoms with Crippen LogP contribution in [0.2, 0.25) is 0 Å². The second-order valence-electron chi connectivity index (χ2n) is 2.26. The van der Waals surface area contributed by atoms with Crippen molar-refractivity contribution in [3.63, 3.8) is 0 Å². The molecular formula is C6H9NOS. The Morgan fingerprint density at radius 2 is 2.33 bits per heavy atom. The van der Waals surface area contributed by atoms with Gasteiger partial charge in [0.25, 0.3) is 4.84 Å². The van der Waals surface area contributed by atoms with E-state index in [1.54, 1.807) is 6.26 Å². The van der Waals surface area contributed by atoms with Crippen molar-refractivity contribution in [3.05, 3.63) is 16.8 Å². The number of H-pyrrole nitrogens is 1. The van der Waals surface area contributed by atoms with Gasteiger partial charge in [0.05, 0.1) is 5.69 Å². The first-order valence-corrected chi connectivity index (χ1v) is 3.28. The molecule has 1 heterocycles. The summed E-state index contributed by atoms with van der Waals surface area (Å²) in [5.41, 5.74) is 1.06. The summed E-state index contributed by atoms with van der Waals surface area (Å²) in [6.07, 6.45) is 1.66. The van der Waals surface area contributed by atoms with Crippen LogP contribution in [0.5, 0.6) is 0 Å². The van der Waals surface area contributed by atoms with Gasteiger partial charge in [0.2, 0.25) is 0 Å². The van der Waals surface area contributed by atoms with Gasteiger partial charge in [-0.1, -0.05) is 13.8 Å². The molecule has 0 amide bonds. The second kappa shape index (κ2) is 2.35. The van der Waals surface area contributed by atoms with Gasteiger partial charge < -0.3 is 9.40 Å². The molecule has 50 valence electrons. The van der Waals surface area contributed by atoms with Gasteiger partial charge in [-0.25, -0.2) is 0 Å². The molecule has 3 heteroatoms. The molecule has 1 N–H and O–H groups in total. The van der Waals surface area contributed by atoms with Crippen LogP contribution in [0.15, 0.2) is 10.7 Å². The van der Waals surface area contributed by atoms with Crippen molar-refractivity contribution in [2.45, 2.75) is 19.8 Å². The molecule has 0 atom stereocenters. The molecule has 0 bridgehead atoms. The van der Waals surface area contributed by atoms with E-state index >= 15 is 0 Å². The van der Waals surface area contributed by atoms with E-state index in [2.05, 4.69) is 18.8 Å². The standard InChI is InChI=1S/C6H9NOS/c1-4(2)5-3-8-6(9)7-5/h3-4H,1-2H3,(H,7,9). The van der Waals surface area contributed by atoms with Crippen LogP contribution >= 0.6 is 12.2 Å². The third-order valence-corrected chi connectivity index (χ3v) is 1.36. The van der Waals surface area contributed by atoms with Crippen molar-refractivity contribution in [3.8, 4) is 0 Å². The smallest absolute Gasteiger partial charge is 0.266 e. The molecule has 0 aliphatic heterocycles. The zero-order chi connectivity index (χ0) is 6.85. The molecule has 1 aromatic heterocycles. The maximum atomic E-state index is 4.89. The van der Waals surface area contributed by atoms with Crippen molar-refractivity contribution in [1.82, 2.24) is 4.98 Å². The van der Waals surface area contributed by atoms with Gasteiger partial charge >= 0.3 is 0 Å². The van der Waals surface area contributed by atoms with Crippen LogP contribution in [-0.4, -0.2) is 4.98 Å². The average molecular weight is 143 g/mol. The SMILES string of the molecule is CC(C)c1coc(=S)[nH]1. The third-order valence-electron chi connectivity index (χ3n) is 1.16. The molecule has 0 aromatic carbocycles. The predicted octanol–water partition coefficient (Wildman–Crippen LogP) is 2.46. The molecule has 0 saturated heterocycles. The summed E-state index contributed by atoms with van der Waals surface area (Å²) in [7, 11) is 0. The molecular weight excluding hydrogens is 134 g/mol. The van der Waals surface area contributed by atoms with E-state index in [0.717, 1.165) is 5.69 Å². The maximum absolute atomic E-state index is 4.89. The Balaban J connectivity index is 2.98. The lowest BCUT2D eigenvalue weighted by molar-refractivity contribution is 0.539. The highest BCUT2D eigenvalue weighted by Crippen LogP contribution is 2.10. The fourth-order valence-electron chi connectivity index (χ4n) is 0.574. The van der Waals surface area contributed by atoms with E-state index in [9.17, 15) is 0 Å². The van der Waals surface area contributed by atoms with Crippen molar-refractivity contribution in [2.75, 3.05) is 0 Å². The molecule has 2 nitrogen and oxygen atoms in total. The van der Waals surface area contributed by atoms with Crippen molar-refractivity contribution in [2.24, 2.45) is 0 Å². The van der Waals surface area contributed by atoms with Crippen LogP contribution in [0.1, 0.15) is 25.5 Å². The maximum Gasteiger partial charge on any atom is 0.266 e. The number of aromatic nitrogens is 1. The highest BCUT2D eigenvalue weighted by Gasteiger charge is 1.99. The lowest BCUT2D eigenvalue weighted by atomic mass is 10.2. The van der Waals surface area contributed by atoms with E-state index in [4.69, 9.17) is 16.6 Å². The number of rotatable bonds is 1. The molecule has 0 radical (unpaired) electrons. The Morgan fingerprint density at radius 1 is 1.67 bits per heavy atom. The Morgan fingerprint density at radius 3 is 2.56 bits per heavy atom. The molecule has 0 unspecified atom stereocenters. The normalized spacial score (nSPS) is 10.6. The van der Waals surface area contributed by atoms with Crippen LogP contribution in [0.4, 0.5) is 0 Å². The first-order chi connectivity index (χ1) is 4.20. The summed E-state index contributed by atoms with van der Waals surface area (Å²) < 4.78 is 4.89. The predicted molar refractivity (Wildman–Crippen MR) is 38.0 cm³/mol. The minimum absolute atomic E-state index is 0.457. The second-order valence-corrected chi connectivity index (χ2v) is 2.63. The molecule has 0 saturated carbocycles. The number of aromatic amines is 1. The summed E-state index contributed by atoms with van der Waals surface area (Å²) in [5, 5.41) is 0. The monoisotopic (exact) mass is 143 g/mol. The number of hydrogen-bond acceptors (Lipinski definition) is 2. The third kappa shape index (κ3) is 1.42. The van der Waals surface area contributed by atoms with Crippen LogP contribution in [0, 0.1) is 4.84 Å². The topological polar surface area (TPSA) is 28.9 Å².